The van der Waals surface area contributed by atoms with Crippen molar-refractivity contribution in [3.8, 4) is 0 Å². The molecule has 2 amide bonds. The highest BCUT2D eigenvalue weighted by atomic mass is 79.9. The van der Waals surface area contributed by atoms with Gasteiger partial charge in [0, 0.05) is 34.6 Å². The number of amides is 2. The molecule has 2 aromatic carbocycles. The van der Waals surface area contributed by atoms with Gasteiger partial charge < -0.3 is 10.2 Å². The predicted molar refractivity (Wildman–Crippen MR) is 111 cm³/mol. The van der Waals surface area contributed by atoms with Crippen LogP contribution in [0.3, 0.4) is 0 Å². The van der Waals surface area contributed by atoms with Crippen LogP contribution in [-0.4, -0.2) is 29.8 Å². The normalized spacial score (nSPS) is 16.4. The van der Waals surface area contributed by atoms with E-state index in [4.69, 9.17) is 11.6 Å². The molecule has 1 N–H and O–H groups in total. The molecule has 142 valence electrons. The first-order valence-electron chi connectivity index (χ1n) is 9.13. The summed E-state index contributed by atoms with van der Waals surface area (Å²) in [7, 11) is 0. The number of halogens is 2. The fourth-order valence-electron chi connectivity index (χ4n) is 3.41. The van der Waals surface area contributed by atoms with Crippen LogP contribution in [0.1, 0.15) is 47.6 Å². The quantitative estimate of drug-likeness (QED) is 0.633. The minimum absolute atomic E-state index is 0.146. The van der Waals surface area contributed by atoms with Crippen LogP contribution in [0.2, 0.25) is 5.02 Å². The van der Waals surface area contributed by atoms with Crippen molar-refractivity contribution in [2.75, 3.05) is 13.1 Å². The van der Waals surface area contributed by atoms with E-state index in [1.165, 1.54) is 5.56 Å². The van der Waals surface area contributed by atoms with Crippen LogP contribution in [0.25, 0.3) is 0 Å². The molecule has 0 radical (unpaired) electrons. The maximum Gasteiger partial charge on any atom is 0.251 e. The molecule has 0 spiro atoms. The largest absolute Gasteiger partial charge is 0.352 e. The van der Waals surface area contributed by atoms with E-state index in [0.29, 0.717) is 30.0 Å². The first kappa shape index (κ1) is 19.9. The average molecular weight is 450 g/mol. The molecular weight excluding hydrogens is 428 g/mol. The summed E-state index contributed by atoms with van der Waals surface area (Å²) in [6, 6.07) is 15.1. The third-order valence-corrected chi connectivity index (χ3v) is 5.51. The Labute approximate surface area is 173 Å². The molecule has 0 saturated carbocycles. The SMILES string of the molecule is O=C(NCCCC(=O)N1CCCC1c1cccc(Br)c1)c1ccc(Cl)cc1. The number of hydrogen-bond donors (Lipinski definition) is 1. The fourth-order valence-corrected chi connectivity index (χ4v) is 3.96. The number of likely N-dealkylation sites (tertiary alicyclic amines) is 1. The van der Waals surface area contributed by atoms with E-state index in [-0.39, 0.29) is 17.9 Å². The van der Waals surface area contributed by atoms with Crippen molar-refractivity contribution in [3.05, 3.63) is 69.2 Å². The van der Waals surface area contributed by atoms with Gasteiger partial charge in [0.05, 0.1) is 6.04 Å². The van der Waals surface area contributed by atoms with Crippen molar-refractivity contribution in [2.45, 2.75) is 31.7 Å². The van der Waals surface area contributed by atoms with Gasteiger partial charge in [-0.3, -0.25) is 9.59 Å². The van der Waals surface area contributed by atoms with Gasteiger partial charge in [0.2, 0.25) is 5.91 Å². The molecule has 3 rings (SSSR count). The molecule has 1 unspecified atom stereocenters. The highest BCUT2D eigenvalue weighted by molar-refractivity contribution is 9.10. The van der Waals surface area contributed by atoms with Crippen LogP contribution in [0.5, 0.6) is 0 Å². The van der Waals surface area contributed by atoms with E-state index < -0.39 is 0 Å². The molecule has 27 heavy (non-hydrogen) atoms. The molecule has 4 nitrogen and oxygen atoms in total. The number of benzene rings is 2. The second-order valence-corrected chi connectivity index (χ2v) is 8.02. The lowest BCUT2D eigenvalue weighted by atomic mass is 10.0. The highest BCUT2D eigenvalue weighted by Crippen LogP contribution is 2.33. The number of carbonyl (C=O) groups is 2. The van der Waals surface area contributed by atoms with Gasteiger partial charge in [0.25, 0.3) is 5.91 Å². The molecule has 0 bridgehead atoms. The van der Waals surface area contributed by atoms with Crippen LogP contribution in [0.15, 0.2) is 53.0 Å². The van der Waals surface area contributed by atoms with Crippen molar-refractivity contribution >= 4 is 39.3 Å². The smallest absolute Gasteiger partial charge is 0.251 e. The number of nitrogens with zero attached hydrogens (tertiary/aromatic N) is 1. The van der Waals surface area contributed by atoms with E-state index >= 15 is 0 Å². The van der Waals surface area contributed by atoms with Crippen LogP contribution < -0.4 is 5.32 Å². The van der Waals surface area contributed by atoms with Gasteiger partial charge in [-0.25, -0.2) is 0 Å². The zero-order chi connectivity index (χ0) is 19.2. The molecular formula is C21H22BrClN2O2. The standard InChI is InChI=1S/C21H22BrClN2O2/c22-17-5-1-4-16(14-17)19-6-3-13-25(19)20(26)7-2-12-24-21(27)15-8-10-18(23)11-9-15/h1,4-5,8-11,14,19H,2-3,6-7,12-13H2,(H,24,27). The van der Waals surface area contributed by atoms with Crippen molar-refractivity contribution in [2.24, 2.45) is 0 Å². The summed E-state index contributed by atoms with van der Waals surface area (Å²) >= 11 is 9.33. The Morgan fingerprint density at radius 3 is 2.70 bits per heavy atom. The molecule has 1 aliphatic heterocycles. The third-order valence-electron chi connectivity index (χ3n) is 4.77. The minimum atomic E-state index is -0.146. The Kier molecular flexibility index (Phi) is 6.91. The lowest BCUT2D eigenvalue weighted by Crippen LogP contribution is -2.31. The Bertz CT molecular complexity index is 810. The summed E-state index contributed by atoms with van der Waals surface area (Å²) in [6.45, 7) is 1.27. The third kappa shape index (κ3) is 5.33. The number of carbonyl (C=O) groups excluding carboxylic acids is 2. The topological polar surface area (TPSA) is 49.4 Å². The summed E-state index contributed by atoms with van der Waals surface area (Å²) in [5.74, 6) is 0.00511. The molecule has 2 aromatic rings. The zero-order valence-electron chi connectivity index (χ0n) is 15.0. The predicted octanol–water partition coefficient (Wildman–Crippen LogP) is 4.98. The highest BCUT2D eigenvalue weighted by Gasteiger charge is 2.29. The number of rotatable bonds is 6. The molecule has 1 fully saturated rings. The van der Waals surface area contributed by atoms with E-state index in [0.717, 1.165) is 23.9 Å². The zero-order valence-corrected chi connectivity index (χ0v) is 17.3. The van der Waals surface area contributed by atoms with Gasteiger partial charge in [0.1, 0.15) is 0 Å². The number of hydrogen-bond acceptors (Lipinski definition) is 2. The minimum Gasteiger partial charge on any atom is -0.352 e. The second-order valence-electron chi connectivity index (χ2n) is 6.67. The van der Waals surface area contributed by atoms with E-state index in [1.54, 1.807) is 24.3 Å². The Balaban J connectivity index is 1.47. The van der Waals surface area contributed by atoms with Gasteiger partial charge in [-0.2, -0.15) is 0 Å². The van der Waals surface area contributed by atoms with E-state index in [1.807, 2.05) is 17.0 Å². The average Bonchev–Trinajstić information content (AvgIpc) is 3.15. The van der Waals surface area contributed by atoms with Gasteiger partial charge in [0.15, 0.2) is 0 Å². The van der Waals surface area contributed by atoms with Gasteiger partial charge >= 0.3 is 0 Å². The van der Waals surface area contributed by atoms with Gasteiger partial charge in [-0.15, -0.1) is 0 Å². The van der Waals surface area contributed by atoms with E-state index in [9.17, 15) is 9.59 Å². The molecule has 1 aliphatic rings. The molecule has 0 aliphatic carbocycles. The summed E-state index contributed by atoms with van der Waals surface area (Å²) in [5.41, 5.74) is 1.74. The van der Waals surface area contributed by atoms with Crippen LogP contribution >= 0.6 is 27.5 Å². The summed E-state index contributed by atoms with van der Waals surface area (Å²) < 4.78 is 1.03. The Hall–Kier alpha value is -1.85. The van der Waals surface area contributed by atoms with Crippen LogP contribution in [0.4, 0.5) is 0 Å². The maximum atomic E-state index is 12.7. The van der Waals surface area contributed by atoms with Crippen molar-refractivity contribution < 1.29 is 9.59 Å². The van der Waals surface area contributed by atoms with Gasteiger partial charge in [-0.1, -0.05) is 39.7 Å². The first-order valence-corrected chi connectivity index (χ1v) is 10.3. The first-order chi connectivity index (χ1) is 13.0. The molecule has 1 atom stereocenters. The van der Waals surface area contributed by atoms with Crippen LogP contribution in [0, 0.1) is 0 Å². The second kappa shape index (κ2) is 9.38. The lowest BCUT2D eigenvalue weighted by molar-refractivity contribution is -0.132. The monoisotopic (exact) mass is 448 g/mol. The molecule has 1 heterocycles. The van der Waals surface area contributed by atoms with Crippen molar-refractivity contribution in [1.29, 1.82) is 0 Å². The van der Waals surface area contributed by atoms with Crippen molar-refractivity contribution in [1.82, 2.24) is 10.2 Å². The fraction of sp³-hybridized carbons (Fsp3) is 0.333. The lowest BCUT2D eigenvalue weighted by Gasteiger charge is -2.25. The molecule has 6 heteroatoms. The van der Waals surface area contributed by atoms with E-state index in [2.05, 4.69) is 33.4 Å². The van der Waals surface area contributed by atoms with Gasteiger partial charge in [-0.05, 0) is 61.2 Å². The Morgan fingerprint density at radius 1 is 1.19 bits per heavy atom. The summed E-state index contributed by atoms with van der Waals surface area (Å²) in [4.78, 5) is 26.7. The molecule has 0 aromatic heterocycles. The maximum absolute atomic E-state index is 12.7. The summed E-state index contributed by atoms with van der Waals surface area (Å²) in [6.07, 6.45) is 3.08. The van der Waals surface area contributed by atoms with Crippen molar-refractivity contribution in [3.63, 3.8) is 0 Å². The number of nitrogens with one attached hydrogen (secondary N) is 1. The summed E-state index contributed by atoms with van der Waals surface area (Å²) in [5, 5.41) is 3.46. The van der Waals surface area contributed by atoms with Crippen LogP contribution in [-0.2, 0) is 4.79 Å². The Morgan fingerprint density at radius 2 is 1.96 bits per heavy atom. The molecule has 1 saturated heterocycles.